The number of carbonyl (C=O) groups is 10. The Balaban J connectivity index is 0.000000167. The molecule has 0 bridgehead atoms. The van der Waals surface area contributed by atoms with Gasteiger partial charge in [0.15, 0.2) is 17.3 Å². The molecule has 1 N–H and O–H groups in total. The SMILES string of the molecule is CC(=O)C1CC2CCCCC2CN1C.CC(=O)C1CC2CCCCC2N1C.CC(=O)C1CCCCN1C.CC(=O)C1CCCN1C.CC(=O)C1CCN1C.CC(=O)C1CCc2ccccc2N1C.CC(=O)C1Cc2ccccc2CN1C.CC(=O)C1Cc2ccccc2N1C.CC(=O)C1NCC2CCCCC21.CC(=O)C1c2ccccc2CN1C. The molecule has 17 rings (SSSR count). The highest BCUT2D eigenvalue weighted by molar-refractivity contribution is 5.89. The van der Waals surface area contributed by atoms with Crippen LogP contribution in [0.1, 0.15) is 243 Å². The number of para-hydroxylation sites is 2. The van der Waals surface area contributed by atoms with Gasteiger partial charge in [-0.3, -0.25) is 82.2 Å². The summed E-state index contributed by atoms with van der Waals surface area (Å²) in [6.45, 7) is 24.1. The molecule has 3 aliphatic carbocycles. The summed E-state index contributed by atoms with van der Waals surface area (Å²) < 4.78 is 0. The molecule has 0 aromatic heterocycles. The van der Waals surface area contributed by atoms with Gasteiger partial charge in [0.2, 0.25) is 0 Å². The van der Waals surface area contributed by atoms with Crippen LogP contribution in [0.15, 0.2) is 97.1 Å². The Morgan fingerprint density at radius 3 is 1.24 bits per heavy atom. The van der Waals surface area contributed by atoms with E-state index in [2.05, 4.69) is 118 Å². The van der Waals surface area contributed by atoms with Crippen molar-refractivity contribution in [2.75, 3.05) is 106 Å². The highest BCUT2D eigenvalue weighted by Gasteiger charge is 2.43. The number of nitrogens with zero attached hydrogens (tertiary/aromatic N) is 9. The Labute approximate surface area is 721 Å². The molecule has 9 fully saturated rings. The first kappa shape index (κ1) is 98.3. The zero-order chi connectivity index (χ0) is 87.8. The van der Waals surface area contributed by atoms with E-state index in [0.29, 0.717) is 46.7 Å². The predicted molar refractivity (Wildman–Crippen MR) is 485 cm³/mol. The molecule has 10 aliphatic heterocycles. The van der Waals surface area contributed by atoms with Crippen molar-refractivity contribution < 1.29 is 47.9 Å². The van der Waals surface area contributed by atoms with Gasteiger partial charge in [0.25, 0.3) is 0 Å². The third-order valence-corrected chi connectivity index (χ3v) is 28.7. The van der Waals surface area contributed by atoms with Crippen molar-refractivity contribution in [1.82, 2.24) is 39.6 Å². The maximum Gasteiger partial charge on any atom is 0.152 e. The van der Waals surface area contributed by atoms with E-state index < -0.39 is 0 Å². The number of anilines is 2. The van der Waals surface area contributed by atoms with E-state index in [4.69, 9.17) is 0 Å². The molecular formula is C100H152N10O10. The van der Waals surface area contributed by atoms with E-state index in [0.717, 1.165) is 127 Å². The van der Waals surface area contributed by atoms with Gasteiger partial charge in [0.1, 0.15) is 40.5 Å². The summed E-state index contributed by atoms with van der Waals surface area (Å²) in [5.74, 6) is 7.00. The zero-order valence-corrected chi connectivity index (χ0v) is 77.0. The van der Waals surface area contributed by atoms with E-state index in [1.54, 1.807) is 69.2 Å². The minimum absolute atomic E-state index is 0.0174. The van der Waals surface area contributed by atoms with Crippen LogP contribution in [0.4, 0.5) is 11.4 Å². The summed E-state index contributed by atoms with van der Waals surface area (Å²) in [6.07, 6.45) is 29.0. The van der Waals surface area contributed by atoms with Gasteiger partial charge in [-0.15, -0.1) is 0 Å². The number of piperidine rings is 2. The smallest absolute Gasteiger partial charge is 0.152 e. The first-order chi connectivity index (χ1) is 57.1. The van der Waals surface area contributed by atoms with Crippen molar-refractivity contribution in [1.29, 1.82) is 0 Å². The van der Waals surface area contributed by atoms with Gasteiger partial charge >= 0.3 is 0 Å². The molecular weight excluding hydrogens is 1500 g/mol. The number of nitrogens with one attached hydrogen (secondary N) is 1. The van der Waals surface area contributed by atoms with Crippen LogP contribution in [0.2, 0.25) is 0 Å². The minimum atomic E-state index is -0.0174. The van der Waals surface area contributed by atoms with Crippen molar-refractivity contribution >= 4 is 69.2 Å². The highest BCUT2D eigenvalue weighted by atomic mass is 16.2. The minimum Gasteiger partial charge on any atom is -0.364 e. The van der Waals surface area contributed by atoms with Gasteiger partial charge in [0.05, 0.1) is 60.4 Å². The third-order valence-electron chi connectivity index (χ3n) is 28.7. The average Bonchev–Trinajstić information content (AvgIpc) is 1.78. The van der Waals surface area contributed by atoms with Gasteiger partial charge in [-0.1, -0.05) is 136 Å². The summed E-state index contributed by atoms with van der Waals surface area (Å²) in [7, 11) is 18.3. The van der Waals surface area contributed by atoms with E-state index in [1.807, 2.05) is 91.8 Å². The molecule has 20 heteroatoms. The zero-order valence-electron chi connectivity index (χ0n) is 77.0. The van der Waals surface area contributed by atoms with E-state index >= 15 is 0 Å². The third kappa shape index (κ3) is 27.2. The standard InChI is InChI=1S/C12H21NO.2C12H15NO.C11H13NO.C11H19NO.C11H13NO.C10H17NO.C8H15NO.C7H13NO.C6H11NO/c2*1-9(14)12-7-10-5-3-4-6-11(10)8-13(12)2;1-9(14)11-8-7-10-5-3-4-6-12(10)13(11)2;1-8(13)11-10-6-4-3-5-9(10)7-12(11)2;2*1-8(13)11-7-9-5-3-4-6-10(9)12(11)2;1-7(12)10-9-5-3-2-4-8(9)6-11-10;1-7(10)8-5-3-4-6-9(8)2;1-6(9)7-4-3-5-8(7)2;1-5(8)6-3-4-7(6)2/h10-12H,3-8H2,1-2H3;3-6,12H,7-8H2,1-2H3;3-6,11H,7-8H2,1-2H3;3-6,11H,7H2,1-2H3;9-11H,3-7H2,1-2H3;3-6,11H,7H2,1-2H3;8-11H,2-6H2,1H3;8H,3-6H2,1-2H3;7H,3-5H2,1-2H3;6H,3-4H2,1-2H3. The number of carbonyl (C=O) groups excluding carboxylic acids is 10. The van der Waals surface area contributed by atoms with Gasteiger partial charge in [-0.25, -0.2) is 0 Å². The van der Waals surface area contributed by atoms with Crippen LogP contribution < -0.4 is 15.1 Å². The lowest BCUT2D eigenvalue weighted by atomic mass is 9.72. The quantitative estimate of drug-likeness (QED) is 0.156. The Morgan fingerprint density at radius 2 is 0.742 bits per heavy atom. The maximum atomic E-state index is 11.4. The van der Waals surface area contributed by atoms with Gasteiger partial charge in [0, 0.05) is 64.1 Å². The Morgan fingerprint density at radius 1 is 0.308 bits per heavy atom. The monoisotopic (exact) mass is 1650 g/mol. The first-order valence-corrected chi connectivity index (χ1v) is 45.6. The molecule has 16 atom stereocenters. The number of likely N-dealkylation sites (N-methyl/N-ethyl adjacent to an activating group) is 9. The number of aryl methyl sites for hydroxylation is 1. The Kier molecular flexibility index (Phi) is 39.0. The van der Waals surface area contributed by atoms with Gasteiger partial charge < -0.3 is 15.1 Å². The fourth-order valence-corrected chi connectivity index (χ4v) is 21.6. The first-order valence-electron chi connectivity index (χ1n) is 45.6. The number of ketones is 10. The molecule has 662 valence electrons. The fraction of sp³-hybridized carbons (Fsp3) is 0.660. The highest BCUT2D eigenvalue weighted by Crippen LogP contribution is 2.42. The molecule has 10 heterocycles. The average molecular weight is 1650 g/mol. The number of rotatable bonds is 10. The summed E-state index contributed by atoms with van der Waals surface area (Å²) in [5, 5.41) is 3.35. The predicted octanol–water partition coefficient (Wildman–Crippen LogP) is 14.3. The number of fused-ring (bicyclic) bond motifs is 7. The topological polar surface area (TPSA) is 212 Å². The van der Waals surface area contributed by atoms with Crippen molar-refractivity contribution in [3.8, 4) is 0 Å². The van der Waals surface area contributed by atoms with Crippen LogP contribution in [-0.4, -0.2) is 249 Å². The van der Waals surface area contributed by atoms with E-state index in [-0.39, 0.29) is 83.6 Å². The number of hydrogen-bond donors (Lipinski definition) is 1. The van der Waals surface area contributed by atoms with Crippen LogP contribution in [0.5, 0.6) is 0 Å². The molecule has 120 heavy (non-hydrogen) atoms. The molecule has 20 nitrogen and oxygen atoms in total. The molecule has 16 unspecified atom stereocenters. The summed E-state index contributed by atoms with van der Waals surface area (Å²) in [5.41, 5.74) is 10.2. The van der Waals surface area contributed by atoms with Gasteiger partial charge in [-0.2, -0.15) is 0 Å². The Bertz CT molecular complexity index is 4040. The molecule has 13 aliphatic rings. The van der Waals surface area contributed by atoms with Crippen LogP contribution in [0.25, 0.3) is 0 Å². The second kappa shape index (κ2) is 47.6. The van der Waals surface area contributed by atoms with Crippen LogP contribution in [0, 0.1) is 29.6 Å². The lowest BCUT2D eigenvalue weighted by Gasteiger charge is -2.43. The lowest BCUT2D eigenvalue weighted by molar-refractivity contribution is -0.125. The largest absolute Gasteiger partial charge is 0.364 e. The van der Waals surface area contributed by atoms with Crippen LogP contribution in [-0.2, 0) is 80.3 Å². The number of hydrogen-bond acceptors (Lipinski definition) is 20. The fourth-order valence-electron chi connectivity index (χ4n) is 21.6. The maximum absolute atomic E-state index is 11.4. The summed E-state index contributed by atoms with van der Waals surface area (Å²) in [4.78, 5) is 131. The van der Waals surface area contributed by atoms with E-state index in [1.165, 1.54) is 141 Å². The number of Topliss-reactive ketones (excluding diaryl/α,β-unsaturated/α-hetero) is 10. The second-order valence-corrected chi connectivity index (χ2v) is 37.3. The summed E-state index contributed by atoms with van der Waals surface area (Å²) in [6, 6.07) is 35.2. The number of benzene rings is 4. The van der Waals surface area contributed by atoms with Gasteiger partial charge in [-0.05, 0) is 310 Å². The van der Waals surface area contributed by atoms with Crippen molar-refractivity contribution in [2.24, 2.45) is 29.6 Å². The van der Waals surface area contributed by atoms with E-state index in [9.17, 15) is 47.9 Å². The molecule has 3 saturated carbocycles. The van der Waals surface area contributed by atoms with Crippen LogP contribution in [0.3, 0.4) is 0 Å². The van der Waals surface area contributed by atoms with Crippen molar-refractivity contribution in [3.05, 3.63) is 130 Å². The summed E-state index contributed by atoms with van der Waals surface area (Å²) >= 11 is 0. The molecule has 0 amide bonds. The molecule has 4 aromatic carbocycles. The van der Waals surface area contributed by atoms with Crippen LogP contribution >= 0.6 is 0 Å². The van der Waals surface area contributed by atoms with Crippen molar-refractivity contribution in [3.63, 3.8) is 0 Å². The van der Waals surface area contributed by atoms with Crippen molar-refractivity contribution in [2.45, 2.75) is 303 Å². The Hall–Kier alpha value is -7.14. The second-order valence-electron chi connectivity index (χ2n) is 37.3. The number of likely N-dealkylation sites (tertiary alicyclic amines) is 5. The molecule has 0 spiro atoms. The lowest BCUT2D eigenvalue weighted by Crippen LogP contribution is -2.49. The normalized spacial score (nSPS) is 29.0. The molecule has 6 saturated heterocycles. The molecule has 0 radical (unpaired) electrons. The molecule has 4 aromatic rings.